The van der Waals surface area contributed by atoms with Crippen LogP contribution in [0.3, 0.4) is 0 Å². The Labute approximate surface area is 131 Å². The van der Waals surface area contributed by atoms with E-state index in [1.165, 1.54) is 5.56 Å². The number of carbonyl (C=O) groups excluding carboxylic acids is 1. The van der Waals surface area contributed by atoms with Crippen molar-refractivity contribution in [3.8, 4) is 6.07 Å². The number of amides is 1. The van der Waals surface area contributed by atoms with E-state index in [1.54, 1.807) is 6.20 Å². The Morgan fingerprint density at radius 2 is 2.09 bits per heavy atom. The second-order valence-corrected chi connectivity index (χ2v) is 6.20. The van der Waals surface area contributed by atoms with E-state index >= 15 is 0 Å². The van der Waals surface area contributed by atoms with Gasteiger partial charge in [-0.25, -0.2) is 0 Å². The summed E-state index contributed by atoms with van der Waals surface area (Å²) in [6.07, 6.45) is 7.01. The lowest BCUT2D eigenvalue weighted by atomic mass is 10.1. The molecule has 0 bridgehead atoms. The minimum absolute atomic E-state index is 0.190. The maximum atomic E-state index is 12.3. The average molecular weight is 295 g/mol. The summed E-state index contributed by atoms with van der Waals surface area (Å²) >= 11 is 0. The van der Waals surface area contributed by atoms with E-state index in [9.17, 15) is 10.1 Å². The second kappa shape index (κ2) is 6.23. The zero-order valence-corrected chi connectivity index (χ0v) is 12.9. The highest BCUT2D eigenvalue weighted by molar-refractivity contribution is 5.98. The summed E-state index contributed by atoms with van der Waals surface area (Å²) in [4.78, 5) is 14.4. The van der Waals surface area contributed by atoms with Crippen molar-refractivity contribution in [1.82, 2.24) is 5.32 Å². The number of para-hydroxylation sites is 1. The topological polar surface area (TPSA) is 56.1 Å². The monoisotopic (exact) mass is 295 g/mol. The van der Waals surface area contributed by atoms with Crippen molar-refractivity contribution in [1.29, 1.82) is 5.26 Å². The quantitative estimate of drug-likeness (QED) is 0.689. The number of hydrogen-bond acceptors (Lipinski definition) is 3. The van der Waals surface area contributed by atoms with Crippen LogP contribution in [-0.2, 0) is 11.2 Å². The first kappa shape index (κ1) is 14.6. The smallest absolute Gasteiger partial charge is 0.263 e. The van der Waals surface area contributed by atoms with Gasteiger partial charge in [0.1, 0.15) is 11.6 Å². The minimum Gasteiger partial charge on any atom is -0.349 e. The Bertz CT molecular complexity index is 638. The molecule has 1 amide bonds. The molecule has 1 N–H and O–H groups in total. The molecular weight excluding hydrogens is 274 g/mol. The van der Waals surface area contributed by atoms with Crippen LogP contribution in [0.5, 0.6) is 0 Å². The molecule has 1 aromatic carbocycles. The fraction of sp³-hybridized carbons (Fsp3) is 0.444. The molecule has 1 unspecified atom stereocenters. The summed E-state index contributed by atoms with van der Waals surface area (Å²) in [5.74, 6) is -0.244. The van der Waals surface area contributed by atoms with E-state index in [1.807, 2.05) is 23.1 Å². The number of fused-ring (bicyclic) bond motifs is 1. The van der Waals surface area contributed by atoms with Crippen molar-refractivity contribution in [2.45, 2.75) is 51.1 Å². The number of nitrogens with one attached hydrogen (secondary N) is 1. The molecule has 22 heavy (non-hydrogen) atoms. The first-order chi connectivity index (χ1) is 10.7. The van der Waals surface area contributed by atoms with Gasteiger partial charge in [0.15, 0.2) is 0 Å². The van der Waals surface area contributed by atoms with Crippen LogP contribution in [0.4, 0.5) is 5.69 Å². The predicted octanol–water partition coefficient (Wildman–Crippen LogP) is 2.90. The molecule has 1 saturated carbocycles. The fourth-order valence-corrected chi connectivity index (χ4v) is 3.40. The number of nitriles is 1. The lowest BCUT2D eigenvalue weighted by molar-refractivity contribution is -0.117. The third-order valence-electron chi connectivity index (χ3n) is 4.58. The number of carbonyl (C=O) groups is 1. The predicted molar refractivity (Wildman–Crippen MR) is 86.2 cm³/mol. The number of hydrogen-bond donors (Lipinski definition) is 1. The van der Waals surface area contributed by atoms with Crippen molar-refractivity contribution < 1.29 is 4.79 Å². The summed E-state index contributed by atoms with van der Waals surface area (Å²) in [5.41, 5.74) is 2.55. The van der Waals surface area contributed by atoms with E-state index in [2.05, 4.69) is 24.4 Å². The highest BCUT2D eigenvalue weighted by atomic mass is 16.1. The zero-order chi connectivity index (χ0) is 15.5. The molecule has 0 spiro atoms. The number of nitrogens with zero attached hydrogens (tertiary/aromatic N) is 2. The lowest BCUT2D eigenvalue weighted by Crippen LogP contribution is -2.34. The molecule has 1 aliphatic heterocycles. The van der Waals surface area contributed by atoms with Crippen LogP contribution in [0.25, 0.3) is 0 Å². The standard InChI is InChI=1S/C18H21N3O/c1-13-10-14-6-2-5-9-17(14)21(13)12-15(11-19)18(22)20-16-7-3-4-8-16/h2,5-6,9,12-13,16H,3-4,7-8,10H2,1H3,(H,20,22)/b15-12-. The molecule has 1 aliphatic carbocycles. The van der Waals surface area contributed by atoms with Gasteiger partial charge in [-0.1, -0.05) is 31.0 Å². The number of benzene rings is 1. The number of anilines is 1. The van der Waals surface area contributed by atoms with Gasteiger partial charge in [0.2, 0.25) is 0 Å². The maximum Gasteiger partial charge on any atom is 0.263 e. The molecule has 3 rings (SSSR count). The molecule has 0 radical (unpaired) electrons. The Hall–Kier alpha value is -2.28. The molecule has 0 aromatic heterocycles. The van der Waals surface area contributed by atoms with E-state index in [0.717, 1.165) is 37.8 Å². The summed E-state index contributed by atoms with van der Waals surface area (Å²) in [6, 6.07) is 10.7. The second-order valence-electron chi connectivity index (χ2n) is 6.20. The van der Waals surface area contributed by atoms with Crippen LogP contribution in [-0.4, -0.2) is 18.0 Å². The van der Waals surface area contributed by atoms with Gasteiger partial charge in [0.05, 0.1) is 0 Å². The van der Waals surface area contributed by atoms with Crippen LogP contribution in [0.2, 0.25) is 0 Å². The van der Waals surface area contributed by atoms with Crippen molar-refractivity contribution in [3.63, 3.8) is 0 Å². The average Bonchev–Trinajstić information content (AvgIpc) is 3.12. The summed E-state index contributed by atoms with van der Waals surface area (Å²) in [5, 5.41) is 12.3. The lowest BCUT2D eigenvalue weighted by Gasteiger charge is -2.21. The molecule has 4 nitrogen and oxygen atoms in total. The molecule has 1 aromatic rings. The number of rotatable bonds is 3. The van der Waals surface area contributed by atoms with Gasteiger partial charge < -0.3 is 10.2 Å². The van der Waals surface area contributed by atoms with Gasteiger partial charge in [-0.3, -0.25) is 4.79 Å². The van der Waals surface area contributed by atoms with Crippen LogP contribution in [0, 0.1) is 11.3 Å². The van der Waals surface area contributed by atoms with Crippen LogP contribution in [0.15, 0.2) is 36.0 Å². The minimum atomic E-state index is -0.244. The molecule has 1 heterocycles. The van der Waals surface area contributed by atoms with Gasteiger partial charge in [0, 0.05) is 24.0 Å². The fourth-order valence-electron chi connectivity index (χ4n) is 3.40. The third kappa shape index (κ3) is 2.85. The Balaban J connectivity index is 1.79. The summed E-state index contributed by atoms with van der Waals surface area (Å²) in [7, 11) is 0. The first-order valence-corrected chi connectivity index (χ1v) is 7.98. The molecule has 4 heteroatoms. The molecule has 2 aliphatic rings. The molecule has 114 valence electrons. The van der Waals surface area contributed by atoms with Crippen molar-refractivity contribution in [3.05, 3.63) is 41.6 Å². The normalized spacial score (nSPS) is 21.5. The van der Waals surface area contributed by atoms with Crippen molar-refractivity contribution >= 4 is 11.6 Å². The molecule has 0 saturated heterocycles. The van der Waals surface area contributed by atoms with Gasteiger partial charge in [-0.05, 0) is 37.8 Å². The van der Waals surface area contributed by atoms with Gasteiger partial charge >= 0.3 is 0 Å². The first-order valence-electron chi connectivity index (χ1n) is 7.98. The van der Waals surface area contributed by atoms with E-state index < -0.39 is 0 Å². The Kier molecular flexibility index (Phi) is 4.15. The van der Waals surface area contributed by atoms with E-state index in [4.69, 9.17) is 0 Å². The highest BCUT2D eigenvalue weighted by Gasteiger charge is 2.26. The Morgan fingerprint density at radius 3 is 2.82 bits per heavy atom. The summed E-state index contributed by atoms with van der Waals surface area (Å²) in [6.45, 7) is 2.11. The van der Waals surface area contributed by atoms with E-state index in [-0.39, 0.29) is 23.6 Å². The van der Waals surface area contributed by atoms with Crippen molar-refractivity contribution in [2.24, 2.45) is 0 Å². The van der Waals surface area contributed by atoms with Crippen LogP contribution < -0.4 is 10.2 Å². The van der Waals surface area contributed by atoms with Crippen LogP contribution in [0.1, 0.15) is 38.2 Å². The zero-order valence-electron chi connectivity index (χ0n) is 12.9. The van der Waals surface area contributed by atoms with Gasteiger partial charge in [-0.2, -0.15) is 5.26 Å². The SMILES string of the molecule is CC1Cc2ccccc2N1/C=C(/C#N)C(=O)NC1CCCC1. The largest absolute Gasteiger partial charge is 0.349 e. The van der Waals surface area contributed by atoms with Gasteiger partial charge in [-0.15, -0.1) is 0 Å². The van der Waals surface area contributed by atoms with Crippen molar-refractivity contribution in [2.75, 3.05) is 4.90 Å². The summed E-state index contributed by atoms with van der Waals surface area (Å²) < 4.78 is 0. The van der Waals surface area contributed by atoms with E-state index in [0.29, 0.717) is 0 Å². The molecular formula is C18H21N3O. The maximum absolute atomic E-state index is 12.3. The molecule has 1 fully saturated rings. The molecule has 1 atom stereocenters. The third-order valence-corrected chi connectivity index (χ3v) is 4.58. The van der Waals surface area contributed by atoms with Gasteiger partial charge in [0.25, 0.3) is 5.91 Å². The Morgan fingerprint density at radius 1 is 1.36 bits per heavy atom. The van der Waals surface area contributed by atoms with Crippen LogP contribution >= 0.6 is 0 Å². The highest BCUT2D eigenvalue weighted by Crippen LogP contribution is 2.32.